The molecule has 0 spiro atoms. The van der Waals surface area contributed by atoms with Crippen LogP contribution >= 0.6 is 0 Å². The molecule has 3 nitrogen and oxygen atoms in total. The molecule has 0 heterocycles. The third-order valence-electron chi connectivity index (χ3n) is 2.59. The van der Waals surface area contributed by atoms with Crippen LogP contribution in [0.3, 0.4) is 0 Å². The Hall–Kier alpha value is -2.23. The molecule has 0 aromatic heterocycles. The van der Waals surface area contributed by atoms with Gasteiger partial charge in [-0.05, 0) is 24.3 Å². The summed E-state index contributed by atoms with van der Waals surface area (Å²) in [4.78, 5) is 10.8. The Bertz CT molecular complexity index is 548. The van der Waals surface area contributed by atoms with Gasteiger partial charge in [0.15, 0.2) is 7.28 Å². The molecule has 0 aliphatic rings. The predicted octanol–water partition coefficient (Wildman–Crippen LogP) is 3.33. The Morgan fingerprint density at radius 1 is 0.783 bits per heavy atom. The Balaban J connectivity index is 0.00000112. The minimum atomic E-state index is -0.313. The summed E-state index contributed by atoms with van der Waals surface area (Å²) < 4.78 is 10.1. The number of rotatable bonds is 4. The molecule has 0 bridgehead atoms. The molecule has 2 rings (SSSR count). The van der Waals surface area contributed by atoms with Gasteiger partial charge in [0, 0.05) is 6.92 Å². The summed E-state index contributed by atoms with van der Waals surface area (Å²) in [7, 11) is 3.68. The van der Waals surface area contributed by atoms with Crippen molar-refractivity contribution in [1.29, 1.82) is 0 Å². The van der Waals surface area contributed by atoms with Crippen molar-refractivity contribution >= 4 is 24.2 Å². The number of esters is 1. The molecule has 0 N–H and O–H groups in total. The van der Waals surface area contributed by atoms with E-state index < -0.39 is 0 Å². The van der Waals surface area contributed by atoms with Gasteiger partial charge in [0.05, 0.1) is 7.11 Å². The first-order chi connectivity index (χ1) is 11.2. The van der Waals surface area contributed by atoms with Crippen molar-refractivity contribution in [2.75, 3.05) is 7.11 Å². The lowest BCUT2D eigenvalue weighted by atomic mass is 9.64. The predicted molar refractivity (Wildman–Crippen MR) is 98.5 cm³/mol. The van der Waals surface area contributed by atoms with Crippen LogP contribution < -0.4 is 20.4 Å². The zero-order valence-corrected chi connectivity index (χ0v) is 14.9. The monoisotopic (exact) mass is 313 g/mol. The first kappa shape index (κ1) is 20.8. The highest BCUT2D eigenvalue weighted by molar-refractivity contribution is 6.67. The van der Waals surface area contributed by atoms with Crippen molar-refractivity contribution in [3.63, 3.8) is 0 Å². The maximum absolute atomic E-state index is 10.8. The lowest BCUT2D eigenvalue weighted by molar-refractivity contribution is -0.131. The lowest BCUT2D eigenvalue weighted by Gasteiger charge is -2.04. The van der Waals surface area contributed by atoms with Crippen LogP contribution in [0.15, 0.2) is 48.5 Å². The van der Waals surface area contributed by atoms with Crippen LogP contribution in [0.1, 0.15) is 34.6 Å². The zero-order chi connectivity index (χ0) is 17.7. The highest BCUT2D eigenvalue weighted by atomic mass is 16.5. The number of benzene rings is 2. The minimum Gasteiger partial charge on any atom is -0.497 e. The molecule has 1 radical (unpaired) electrons. The number of carbonyl (C=O) groups excluding carboxylic acids is 1. The summed E-state index contributed by atoms with van der Waals surface area (Å²) in [5.41, 5.74) is 2.13. The van der Waals surface area contributed by atoms with Crippen molar-refractivity contribution in [1.82, 2.24) is 0 Å². The normalized spacial score (nSPS) is 8.61. The Morgan fingerprint density at radius 2 is 1.17 bits per heavy atom. The minimum absolute atomic E-state index is 0.313. The molecule has 23 heavy (non-hydrogen) atoms. The van der Waals surface area contributed by atoms with E-state index in [1.165, 1.54) is 6.92 Å². The van der Waals surface area contributed by atoms with E-state index in [1.54, 1.807) is 19.2 Å². The van der Waals surface area contributed by atoms with E-state index in [1.807, 2.05) is 71.4 Å². The smallest absolute Gasteiger partial charge is 0.308 e. The quantitative estimate of drug-likeness (QED) is 0.493. The summed E-state index contributed by atoms with van der Waals surface area (Å²) in [6.07, 6.45) is 0. The molecule has 0 unspecified atom stereocenters. The fourth-order valence-corrected chi connectivity index (χ4v) is 1.69. The second kappa shape index (κ2) is 12.3. The van der Waals surface area contributed by atoms with Crippen molar-refractivity contribution in [3.05, 3.63) is 48.5 Å². The summed E-state index contributed by atoms with van der Waals surface area (Å²) in [6, 6.07) is 15.2. The number of hydrogen-bond acceptors (Lipinski definition) is 3. The van der Waals surface area contributed by atoms with Gasteiger partial charge in [0.1, 0.15) is 11.5 Å². The first-order valence-electron chi connectivity index (χ1n) is 7.94. The van der Waals surface area contributed by atoms with Crippen molar-refractivity contribution < 1.29 is 14.3 Å². The molecule has 0 fully saturated rings. The highest BCUT2D eigenvalue weighted by Crippen LogP contribution is 2.08. The summed E-state index contributed by atoms with van der Waals surface area (Å²) >= 11 is 0. The molecule has 0 saturated carbocycles. The fraction of sp³-hybridized carbons (Fsp3) is 0.316. The molecular weight excluding hydrogens is 287 g/mol. The molecule has 0 atom stereocenters. The Morgan fingerprint density at radius 3 is 1.52 bits per heavy atom. The fourth-order valence-electron chi connectivity index (χ4n) is 1.69. The SMILES string of the molecule is CC.CC.COc1ccc([B]c2ccc(OC(C)=O)cc2)cc1. The van der Waals surface area contributed by atoms with E-state index in [9.17, 15) is 4.79 Å². The van der Waals surface area contributed by atoms with E-state index >= 15 is 0 Å². The molecule has 123 valence electrons. The Labute approximate surface area is 140 Å². The lowest BCUT2D eigenvalue weighted by Crippen LogP contribution is -2.26. The van der Waals surface area contributed by atoms with Gasteiger partial charge in [-0.2, -0.15) is 0 Å². The molecule has 2 aromatic carbocycles. The molecule has 2 aromatic rings. The first-order valence-corrected chi connectivity index (χ1v) is 7.94. The van der Waals surface area contributed by atoms with Gasteiger partial charge < -0.3 is 9.47 Å². The second-order valence-corrected chi connectivity index (χ2v) is 4.08. The second-order valence-electron chi connectivity index (χ2n) is 4.08. The molecule has 0 aliphatic heterocycles. The Kier molecular flexibility index (Phi) is 11.1. The van der Waals surface area contributed by atoms with E-state index in [-0.39, 0.29) is 5.97 Å². The number of ether oxygens (including phenoxy) is 2. The van der Waals surface area contributed by atoms with E-state index in [0.29, 0.717) is 5.75 Å². The van der Waals surface area contributed by atoms with Gasteiger partial charge in [-0.1, -0.05) is 62.9 Å². The number of hydrogen-bond donors (Lipinski definition) is 0. The van der Waals surface area contributed by atoms with Crippen molar-refractivity contribution in [2.45, 2.75) is 34.6 Å². The van der Waals surface area contributed by atoms with Crippen LogP contribution in [0.4, 0.5) is 0 Å². The average Bonchev–Trinajstić information content (AvgIpc) is 2.60. The van der Waals surface area contributed by atoms with Gasteiger partial charge in [0.25, 0.3) is 0 Å². The zero-order valence-electron chi connectivity index (χ0n) is 14.9. The van der Waals surface area contributed by atoms with Gasteiger partial charge >= 0.3 is 5.97 Å². The molecule has 0 saturated heterocycles. The molecule has 4 heteroatoms. The van der Waals surface area contributed by atoms with Crippen molar-refractivity contribution in [3.8, 4) is 11.5 Å². The van der Waals surface area contributed by atoms with Gasteiger partial charge in [-0.25, -0.2) is 0 Å². The third kappa shape index (κ3) is 8.10. The van der Waals surface area contributed by atoms with E-state index in [2.05, 4.69) is 0 Å². The molecular formula is C19H26BO3. The molecule has 0 amide bonds. The summed E-state index contributed by atoms with van der Waals surface area (Å²) in [5.74, 6) is 1.08. The van der Waals surface area contributed by atoms with Crippen LogP contribution in [-0.4, -0.2) is 20.4 Å². The van der Waals surface area contributed by atoms with Crippen LogP contribution in [0.2, 0.25) is 0 Å². The molecule has 0 aliphatic carbocycles. The average molecular weight is 313 g/mol. The maximum atomic E-state index is 10.8. The number of carbonyl (C=O) groups is 1. The van der Waals surface area contributed by atoms with Gasteiger partial charge in [-0.15, -0.1) is 0 Å². The van der Waals surface area contributed by atoms with Crippen molar-refractivity contribution in [2.24, 2.45) is 0 Å². The largest absolute Gasteiger partial charge is 0.497 e. The van der Waals surface area contributed by atoms with Gasteiger partial charge in [-0.3, -0.25) is 4.79 Å². The van der Waals surface area contributed by atoms with Crippen LogP contribution in [0, 0.1) is 0 Å². The van der Waals surface area contributed by atoms with E-state index in [4.69, 9.17) is 9.47 Å². The van der Waals surface area contributed by atoms with Crippen LogP contribution in [-0.2, 0) is 4.79 Å². The highest BCUT2D eigenvalue weighted by Gasteiger charge is 2.02. The maximum Gasteiger partial charge on any atom is 0.308 e. The van der Waals surface area contributed by atoms with Crippen LogP contribution in [0.25, 0.3) is 0 Å². The number of methoxy groups -OCH3 is 1. The van der Waals surface area contributed by atoms with E-state index in [0.717, 1.165) is 16.7 Å². The third-order valence-corrected chi connectivity index (χ3v) is 2.59. The summed E-state index contributed by atoms with van der Waals surface area (Å²) in [5, 5.41) is 0. The van der Waals surface area contributed by atoms with Gasteiger partial charge in [0.2, 0.25) is 0 Å². The standard InChI is InChI=1S/C15H14BO3.2C2H6/c1-11(17)19-15-9-5-13(6-10-15)16-12-3-7-14(18-2)8-4-12;2*1-2/h3-10H,1-2H3;2*1-2H3. The summed E-state index contributed by atoms with van der Waals surface area (Å²) in [6.45, 7) is 9.39. The van der Waals surface area contributed by atoms with Crippen LogP contribution in [0.5, 0.6) is 11.5 Å². The topological polar surface area (TPSA) is 35.5 Å².